The Morgan fingerprint density at radius 2 is 2.27 bits per heavy atom. The third kappa shape index (κ3) is 3.37. The molecule has 1 aliphatic heterocycles. The predicted molar refractivity (Wildman–Crippen MR) is 83.3 cm³/mol. The van der Waals surface area contributed by atoms with Crippen molar-refractivity contribution in [3.63, 3.8) is 0 Å². The maximum Gasteiger partial charge on any atom is 0.244 e. The Morgan fingerprint density at radius 1 is 1.41 bits per heavy atom. The highest BCUT2D eigenvalue weighted by molar-refractivity contribution is 5.76. The summed E-state index contributed by atoms with van der Waals surface area (Å²) in [6, 6.07) is 0. The molecule has 1 saturated heterocycles. The van der Waals surface area contributed by atoms with Gasteiger partial charge in [0.15, 0.2) is 0 Å². The molecule has 0 aliphatic carbocycles. The lowest BCUT2D eigenvalue weighted by atomic mass is 9.92. The standard InChI is InChI=1S/C16H23N5O/c1-12-7-18-21(9-12)11-16(22)20-5-3-4-14(10-20)6-15-13(2)8-17-19-15/h7-9,14H,3-6,10-11H2,1-2H3,(H,17,19). The lowest BCUT2D eigenvalue weighted by molar-refractivity contribution is -0.133. The molecule has 2 aromatic rings. The van der Waals surface area contributed by atoms with Crippen LogP contribution in [-0.4, -0.2) is 43.9 Å². The Bertz CT molecular complexity index is 645. The maximum atomic E-state index is 12.4. The number of rotatable bonds is 4. The van der Waals surface area contributed by atoms with E-state index in [0.29, 0.717) is 12.5 Å². The van der Waals surface area contributed by atoms with Crippen LogP contribution in [0.25, 0.3) is 0 Å². The van der Waals surface area contributed by atoms with Crippen LogP contribution in [0, 0.1) is 19.8 Å². The first-order valence-corrected chi connectivity index (χ1v) is 7.87. The van der Waals surface area contributed by atoms with E-state index in [9.17, 15) is 4.79 Å². The van der Waals surface area contributed by atoms with Gasteiger partial charge in [0, 0.05) is 25.0 Å². The Labute approximate surface area is 130 Å². The minimum Gasteiger partial charge on any atom is -0.341 e. The second kappa shape index (κ2) is 6.34. The summed E-state index contributed by atoms with van der Waals surface area (Å²) < 4.78 is 1.72. The molecule has 1 amide bonds. The van der Waals surface area contributed by atoms with E-state index in [0.717, 1.165) is 31.5 Å². The summed E-state index contributed by atoms with van der Waals surface area (Å²) in [6.07, 6.45) is 8.77. The SMILES string of the molecule is Cc1cnn(CC(=O)N2CCCC(Cc3[nH]ncc3C)C2)c1. The topological polar surface area (TPSA) is 66.8 Å². The summed E-state index contributed by atoms with van der Waals surface area (Å²) in [5.74, 6) is 0.672. The van der Waals surface area contributed by atoms with Crippen molar-refractivity contribution >= 4 is 5.91 Å². The number of nitrogens with one attached hydrogen (secondary N) is 1. The fourth-order valence-electron chi connectivity index (χ4n) is 3.12. The summed E-state index contributed by atoms with van der Waals surface area (Å²) in [5, 5.41) is 11.4. The van der Waals surface area contributed by atoms with Crippen LogP contribution in [0.1, 0.15) is 29.7 Å². The summed E-state index contributed by atoms with van der Waals surface area (Å²) >= 11 is 0. The zero-order valence-corrected chi connectivity index (χ0v) is 13.2. The number of aromatic amines is 1. The van der Waals surface area contributed by atoms with Gasteiger partial charge in [-0.3, -0.25) is 14.6 Å². The second-order valence-electron chi connectivity index (χ2n) is 6.30. The first kappa shape index (κ1) is 14.8. The van der Waals surface area contributed by atoms with Crippen LogP contribution in [0.5, 0.6) is 0 Å². The third-order valence-corrected chi connectivity index (χ3v) is 4.36. The third-order valence-electron chi connectivity index (χ3n) is 4.36. The molecule has 1 atom stereocenters. The smallest absolute Gasteiger partial charge is 0.244 e. The van der Waals surface area contributed by atoms with Crippen molar-refractivity contribution in [3.8, 4) is 0 Å². The summed E-state index contributed by atoms with van der Waals surface area (Å²) in [6.45, 7) is 6.08. The van der Waals surface area contributed by atoms with Gasteiger partial charge >= 0.3 is 0 Å². The van der Waals surface area contributed by atoms with Gasteiger partial charge in [0.1, 0.15) is 6.54 Å². The van der Waals surface area contributed by atoms with E-state index in [1.807, 2.05) is 24.2 Å². The predicted octanol–water partition coefficient (Wildman–Crippen LogP) is 1.70. The molecule has 3 heterocycles. The number of carbonyl (C=O) groups excluding carboxylic acids is 1. The lowest BCUT2D eigenvalue weighted by Gasteiger charge is -2.32. The Kier molecular flexibility index (Phi) is 4.27. The first-order valence-electron chi connectivity index (χ1n) is 7.87. The van der Waals surface area contributed by atoms with Gasteiger partial charge in [-0.05, 0) is 50.2 Å². The van der Waals surface area contributed by atoms with Crippen molar-refractivity contribution in [3.05, 3.63) is 35.4 Å². The summed E-state index contributed by atoms with van der Waals surface area (Å²) in [7, 11) is 0. The van der Waals surface area contributed by atoms with Gasteiger partial charge in [-0.1, -0.05) is 0 Å². The van der Waals surface area contributed by atoms with E-state index in [1.54, 1.807) is 10.9 Å². The molecule has 1 aliphatic rings. The van der Waals surface area contributed by atoms with Crippen LogP contribution in [0.2, 0.25) is 0 Å². The number of piperidine rings is 1. The molecular weight excluding hydrogens is 278 g/mol. The molecule has 1 fully saturated rings. The number of aryl methyl sites for hydroxylation is 2. The van der Waals surface area contributed by atoms with Crippen molar-refractivity contribution in [1.82, 2.24) is 24.9 Å². The molecule has 3 rings (SSSR count). The van der Waals surface area contributed by atoms with Gasteiger partial charge in [-0.15, -0.1) is 0 Å². The molecular formula is C16H23N5O. The first-order chi connectivity index (χ1) is 10.6. The molecule has 6 heteroatoms. The average Bonchev–Trinajstić information content (AvgIpc) is 3.08. The van der Waals surface area contributed by atoms with Gasteiger partial charge in [0.25, 0.3) is 0 Å². The average molecular weight is 301 g/mol. The van der Waals surface area contributed by atoms with Crippen LogP contribution in [0.15, 0.2) is 18.6 Å². The van der Waals surface area contributed by atoms with Crippen LogP contribution in [0.4, 0.5) is 0 Å². The van der Waals surface area contributed by atoms with Crippen LogP contribution in [0.3, 0.4) is 0 Å². The zero-order chi connectivity index (χ0) is 15.5. The van der Waals surface area contributed by atoms with Crippen LogP contribution < -0.4 is 0 Å². The van der Waals surface area contributed by atoms with E-state index >= 15 is 0 Å². The number of hydrogen-bond donors (Lipinski definition) is 1. The largest absolute Gasteiger partial charge is 0.341 e. The van der Waals surface area contributed by atoms with E-state index < -0.39 is 0 Å². The van der Waals surface area contributed by atoms with Gasteiger partial charge in [0.05, 0.1) is 12.4 Å². The van der Waals surface area contributed by atoms with Crippen molar-refractivity contribution in [2.75, 3.05) is 13.1 Å². The molecule has 0 aromatic carbocycles. The summed E-state index contributed by atoms with van der Waals surface area (Å²) in [4.78, 5) is 14.4. The number of likely N-dealkylation sites (tertiary alicyclic amines) is 1. The minimum absolute atomic E-state index is 0.161. The van der Waals surface area contributed by atoms with Crippen molar-refractivity contribution in [2.24, 2.45) is 5.92 Å². The molecule has 1 N–H and O–H groups in total. The molecule has 0 radical (unpaired) electrons. The van der Waals surface area contributed by atoms with Crippen LogP contribution in [-0.2, 0) is 17.8 Å². The van der Waals surface area contributed by atoms with Crippen molar-refractivity contribution < 1.29 is 4.79 Å². The molecule has 0 saturated carbocycles. The highest BCUT2D eigenvalue weighted by Gasteiger charge is 2.24. The number of H-pyrrole nitrogens is 1. The van der Waals surface area contributed by atoms with Crippen LogP contribution >= 0.6 is 0 Å². The molecule has 0 spiro atoms. The molecule has 1 unspecified atom stereocenters. The van der Waals surface area contributed by atoms with Gasteiger partial charge in [0.2, 0.25) is 5.91 Å². The molecule has 0 bridgehead atoms. The zero-order valence-electron chi connectivity index (χ0n) is 13.2. The molecule has 118 valence electrons. The van der Waals surface area contributed by atoms with Gasteiger partial charge in [-0.25, -0.2) is 0 Å². The van der Waals surface area contributed by atoms with Crippen molar-refractivity contribution in [1.29, 1.82) is 0 Å². The van der Waals surface area contributed by atoms with Gasteiger partial charge in [-0.2, -0.15) is 10.2 Å². The second-order valence-corrected chi connectivity index (χ2v) is 6.30. The lowest BCUT2D eigenvalue weighted by Crippen LogP contribution is -2.42. The molecule has 2 aromatic heterocycles. The Hall–Kier alpha value is -2.11. The summed E-state index contributed by atoms with van der Waals surface area (Å²) in [5.41, 5.74) is 3.48. The number of amides is 1. The number of aromatic nitrogens is 4. The number of nitrogens with zero attached hydrogens (tertiary/aromatic N) is 4. The van der Waals surface area contributed by atoms with E-state index in [1.165, 1.54) is 17.7 Å². The number of carbonyl (C=O) groups is 1. The molecule has 6 nitrogen and oxygen atoms in total. The maximum absolute atomic E-state index is 12.4. The highest BCUT2D eigenvalue weighted by Crippen LogP contribution is 2.21. The van der Waals surface area contributed by atoms with E-state index in [-0.39, 0.29) is 5.91 Å². The Morgan fingerprint density at radius 3 is 2.95 bits per heavy atom. The fourth-order valence-corrected chi connectivity index (χ4v) is 3.12. The van der Waals surface area contributed by atoms with Gasteiger partial charge < -0.3 is 4.90 Å². The molecule has 22 heavy (non-hydrogen) atoms. The van der Waals surface area contributed by atoms with E-state index in [2.05, 4.69) is 22.2 Å². The highest BCUT2D eigenvalue weighted by atomic mass is 16.2. The number of hydrogen-bond acceptors (Lipinski definition) is 3. The monoisotopic (exact) mass is 301 g/mol. The normalized spacial score (nSPS) is 18.6. The Balaban J connectivity index is 1.58. The van der Waals surface area contributed by atoms with Crippen molar-refractivity contribution in [2.45, 2.75) is 39.7 Å². The van der Waals surface area contributed by atoms with E-state index in [4.69, 9.17) is 0 Å². The minimum atomic E-state index is 0.161. The quantitative estimate of drug-likeness (QED) is 0.934. The fraction of sp³-hybridized carbons (Fsp3) is 0.562.